The van der Waals surface area contributed by atoms with Crippen LogP contribution in [0.2, 0.25) is 0 Å². The van der Waals surface area contributed by atoms with Crippen molar-refractivity contribution in [2.24, 2.45) is 0 Å². The van der Waals surface area contributed by atoms with Crippen LogP contribution < -0.4 is 4.74 Å². The van der Waals surface area contributed by atoms with Crippen molar-refractivity contribution in [3.8, 4) is 5.75 Å². The number of ether oxygens (including phenoxy) is 1. The van der Waals surface area contributed by atoms with E-state index in [1.807, 2.05) is 44.2 Å². The van der Waals surface area contributed by atoms with Gasteiger partial charge in [0.05, 0.1) is 17.7 Å². The lowest BCUT2D eigenvalue weighted by atomic mass is 9.95. The number of nitrogens with zero attached hydrogens (tertiary/aromatic N) is 2. The molecule has 0 radical (unpaired) electrons. The molecule has 6 nitrogen and oxygen atoms in total. The first-order valence-corrected chi connectivity index (χ1v) is 11.7. The molecular formula is C27H34N2O4. The number of likely N-dealkylation sites (tertiary alicyclic amines) is 1. The first kappa shape index (κ1) is 24.5. The summed E-state index contributed by atoms with van der Waals surface area (Å²) < 4.78 is 5.75. The summed E-state index contributed by atoms with van der Waals surface area (Å²) >= 11 is 0. The normalized spacial score (nSPS) is 17.9. The van der Waals surface area contributed by atoms with Crippen LogP contribution in [0.25, 0.3) is 5.76 Å². The van der Waals surface area contributed by atoms with Crippen LogP contribution in [-0.2, 0) is 9.59 Å². The van der Waals surface area contributed by atoms with E-state index < -0.39 is 17.7 Å². The van der Waals surface area contributed by atoms with Crippen LogP contribution in [0.3, 0.4) is 0 Å². The van der Waals surface area contributed by atoms with Gasteiger partial charge in [0, 0.05) is 12.1 Å². The van der Waals surface area contributed by atoms with Crippen molar-refractivity contribution in [3.05, 3.63) is 71.3 Å². The Balaban J connectivity index is 1.99. The number of amides is 1. The molecule has 1 fully saturated rings. The summed E-state index contributed by atoms with van der Waals surface area (Å²) in [5.41, 5.74) is 1.42. The van der Waals surface area contributed by atoms with Gasteiger partial charge < -0.3 is 19.6 Å². The molecule has 2 aromatic rings. The van der Waals surface area contributed by atoms with E-state index in [1.54, 1.807) is 29.2 Å². The van der Waals surface area contributed by atoms with Crippen molar-refractivity contribution in [2.45, 2.75) is 46.3 Å². The van der Waals surface area contributed by atoms with Crippen molar-refractivity contribution >= 4 is 17.4 Å². The lowest BCUT2D eigenvalue weighted by Gasteiger charge is -2.27. The Morgan fingerprint density at radius 3 is 2.24 bits per heavy atom. The molecule has 0 aromatic heterocycles. The predicted molar refractivity (Wildman–Crippen MR) is 130 cm³/mol. The van der Waals surface area contributed by atoms with Crippen molar-refractivity contribution in [1.29, 1.82) is 0 Å². The van der Waals surface area contributed by atoms with Crippen molar-refractivity contribution in [1.82, 2.24) is 9.80 Å². The summed E-state index contributed by atoms with van der Waals surface area (Å²) in [7, 11) is 0. The van der Waals surface area contributed by atoms with Gasteiger partial charge in [0.25, 0.3) is 11.7 Å². The molecule has 0 unspecified atom stereocenters. The highest BCUT2D eigenvalue weighted by atomic mass is 16.5. The van der Waals surface area contributed by atoms with Gasteiger partial charge in [-0.1, -0.05) is 56.3 Å². The molecule has 0 aliphatic carbocycles. The zero-order valence-corrected chi connectivity index (χ0v) is 20.0. The topological polar surface area (TPSA) is 70.1 Å². The van der Waals surface area contributed by atoms with E-state index in [1.165, 1.54) is 0 Å². The molecule has 176 valence electrons. The van der Waals surface area contributed by atoms with Gasteiger partial charge in [-0.25, -0.2) is 0 Å². The second kappa shape index (κ2) is 11.1. The Hall–Kier alpha value is -3.12. The molecule has 0 bridgehead atoms. The molecule has 33 heavy (non-hydrogen) atoms. The number of hydrogen-bond donors (Lipinski definition) is 1. The number of ketones is 1. The maximum absolute atomic E-state index is 13.1. The Morgan fingerprint density at radius 1 is 1.03 bits per heavy atom. The van der Waals surface area contributed by atoms with Crippen LogP contribution in [0.1, 0.15) is 51.3 Å². The van der Waals surface area contributed by atoms with Crippen molar-refractivity contribution in [2.75, 3.05) is 26.2 Å². The summed E-state index contributed by atoms with van der Waals surface area (Å²) in [6.45, 7) is 11.3. The van der Waals surface area contributed by atoms with Crippen LogP contribution in [0.5, 0.6) is 5.75 Å². The molecule has 1 N–H and O–H groups in total. The first-order valence-electron chi connectivity index (χ1n) is 11.7. The summed E-state index contributed by atoms with van der Waals surface area (Å²) in [5.74, 6) is -0.644. The SMILES string of the molecule is CCN(CC)CCCN1C(=O)C(=O)C(=C(O)c2ccccc2)[C@H]1c1ccc(OC(C)C)cc1. The average molecular weight is 451 g/mol. The van der Waals surface area contributed by atoms with Crippen LogP contribution in [0.15, 0.2) is 60.2 Å². The van der Waals surface area contributed by atoms with E-state index in [4.69, 9.17) is 4.74 Å². The molecule has 1 aliphatic heterocycles. The van der Waals surface area contributed by atoms with Gasteiger partial charge >= 0.3 is 0 Å². The molecule has 2 aromatic carbocycles. The highest BCUT2D eigenvalue weighted by Crippen LogP contribution is 2.39. The zero-order chi connectivity index (χ0) is 24.0. The molecular weight excluding hydrogens is 416 g/mol. The average Bonchev–Trinajstić information content (AvgIpc) is 3.07. The summed E-state index contributed by atoms with van der Waals surface area (Å²) in [5, 5.41) is 11.1. The van der Waals surface area contributed by atoms with Gasteiger partial charge in [-0.15, -0.1) is 0 Å². The Bertz CT molecular complexity index is 979. The molecule has 0 saturated carbocycles. The van der Waals surface area contributed by atoms with Crippen LogP contribution in [-0.4, -0.2) is 58.9 Å². The van der Waals surface area contributed by atoms with Crippen LogP contribution >= 0.6 is 0 Å². The van der Waals surface area contributed by atoms with Gasteiger partial charge in [0.15, 0.2) is 0 Å². The van der Waals surface area contributed by atoms with E-state index >= 15 is 0 Å². The predicted octanol–water partition coefficient (Wildman–Crippen LogP) is 4.63. The maximum atomic E-state index is 13.1. The highest BCUT2D eigenvalue weighted by Gasteiger charge is 2.45. The fraction of sp³-hybridized carbons (Fsp3) is 0.407. The number of carbonyl (C=O) groups excluding carboxylic acids is 2. The Labute approximate surface area is 196 Å². The first-order chi connectivity index (χ1) is 15.9. The molecule has 1 amide bonds. The zero-order valence-electron chi connectivity index (χ0n) is 20.0. The minimum atomic E-state index is -0.647. The third-order valence-electron chi connectivity index (χ3n) is 5.92. The maximum Gasteiger partial charge on any atom is 0.295 e. The van der Waals surface area contributed by atoms with Gasteiger partial charge in [-0.3, -0.25) is 9.59 Å². The Kier molecular flexibility index (Phi) is 8.28. The summed E-state index contributed by atoms with van der Waals surface area (Å²) in [4.78, 5) is 30.0. The number of carbonyl (C=O) groups is 2. The number of Topliss-reactive ketones (excluding diaryl/α,β-unsaturated/α-hetero) is 1. The second-order valence-corrected chi connectivity index (χ2v) is 8.47. The molecule has 0 spiro atoms. The van der Waals surface area contributed by atoms with Gasteiger partial charge in [-0.05, 0) is 57.6 Å². The quantitative estimate of drug-likeness (QED) is 0.325. The number of aliphatic hydroxyl groups excluding tert-OH is 1. The third kappa shape index (κ3) is 5.63. The third-order valence-corrected chi connectivity index (χ3v) is 5.92. The van der Waals surface area contributed by atoms with E-state index in [2.05, 4.69) is 18.7 Å². The minimum Gasteiger partial charge on any atom is -0.507 e. The number of rotatable bonds is 10. The van der Waals surface area contributed by atoms with Crippen molar-refractivity contribution < 1.29 is 19.4 Å². The van der Waals surface area contributed by atoms with Gasteiger partial charge in [0.2, 0.25) is 0 Å². The minimum absolute atomic E-state index is 0.0413. The van der Waals surface area contributed by atoms with Crippen molar-refractivity contribution in [3.63, 3.8) is 0 Å². The number of benzene rings is 2. The molecule has 1 aliphatic rings. The second-order valence-electron chi connectivity index (χ2n) is 8.47. The lowest BCUT2D eigenvalue weighted by Crippen LogP contribution is -2.33. The standard InChI is InChI=1S/C27H34N2O4/c1-5-28(6-2)17-10-18-29-24(20-13-15-22(16-14-20)33-19(3)4)23(26(31)27(29)32)25(30)21-11-8-7-9-12-21/h7-9,11-16,19,24,30H,5-6,10,17-18H2,1-4H3/t24-/m1/s1. The fourth-order valence-electron chi connectivity index (χ4n) is 4.21. The monoisotopic (exact) mass is 450 g/mol. The molecule has 1 heterocycles. The van der Waals surface area contributed by atoms with E-state index in [0.29, 0.717) is 12.1 Å². The molecule has 1 saturated heterocycles. The van der Waals surface area contributed by atoms with E-state index in [9.17, 15) is 14.7 Å². The van der Waals surface area contributed by atoms with Crippen LogP contribution in [0.4, 0.5) is 0 Å². The van der Waals surface area contributed by atoms with Crippen LogP contribution in [0, 0.1) is 0 Å². The van der Waals surface area contributed by atoms with E-state index in [-0.39, 0.29) is 17.4 Å². The van der Waals surface area contributed by atoms with Gasteiger partial charge in [0.1, 0.15) is 11.5 Å². The molecule has 6 heteroatoms. The lowest BCUT2D eigenvalue weighted by molar-refractivity contribution is -0.140. The smallest absolute Gasteiger partial charge is 0.295 e. The Morgan fingerprint density at radius 2 is 1.67 bits per heavy atom. The molecule has 1 atom stereocenters. The number of hydrogen-bond acceptors (Lipinski definition) is 5. The highest BCUT2D eigenvalue weighted by molar-refractivity contribution is 6.46. The van der Waals surface area contributed by atoms with Gasteiger partial charge in [-0.2, -0.15) is 0 Å². The summed E-state index contributed by atoms with van der Waals surface area (Å²) in [6.07, 6.45) is 0.783. The number of aliphatic hydroxyl groups is 1. The fourth-order valence-corrected chi connectivity index (χ4v) is 4.21. The van der Waals surface area contributed by atoms with E-state index in [0.717, 1.165) is 37.4 Å². The largest absolute Gasteiger partial charge is 0.507 e. The summed E-state index contributed by atoms with van der Waals surface area (Å²) in [6, 6.07) is 15.7. The molecule has 3 rings (SSSR count).